The first-order chi connectivity index (χ1) is 7.38. The van der Waals surface area contributed by atoms with Crippen LogP contribution < -0.4 is 5.56 Å². The number of fused-ring (bicyclic) bond motifs is 1. The maximum Gasteiger partial charge on any atom is 0.416 e. The zero-order valence-electron chi connectivity index (χ0n) is 8.22. The first-order valence-corrected chi connectivity index (χ1v) is 4.46. The molecule has 1 aromatic carbocycles. The molecule has 0 bridgehead atoms. The van der Waals surface area contributed by atoms with Crippen molar-refractivity contribution in [2.45, 2.75) is 13.1 Å². The minimum atomic E-state index is -4.45. The van der Waals surface area contributed by atoms with Crippen LogP contribution in [0.3, 0.4) is 0 Å². The van der Waals surface area contributed by atoms with Crippen LogP contribution in [-0.4, -0.2) is 9.97 Å². The van der Waals surface area contributed by atoms with Gasteiger partial charge in [-0.05, 0) is 25.1 Å². The number of nitrogens with one attached hydrogen (secondary N) is 1. The second kappa shape index (κ2) is 3.33. The maximum atomic E-state index is 12.4. The summed E-state index contributed by atoms with van der Waals surface area (Å²) in [5.41, 5.74) is -1.15. The van der Waals surface area contributed by atoms with Crippen LogP contribution in [0.2, 0.25) is 0 Å². The lowest BCUT2D eigenvalue weighted by molar-refractivity contribution is -0.137. The van der Waals surface area contributed by atoms with E-state index in [4.69, 9.17) is 0 Å². The Balaban J connectivity index is 2.77. The summed E-state index contributed by atoms with van der Waals surface area (Å²) in [6, 6.07) is 2.91. The Morgan fingerprint density at radius 1 is 1.31 bits per heavy atom. The van der Waals surface area contributed by atoms with Gasteiger partial charge in [0.25, 0.3) is 5.56 Å². The summed E-state index contributed by atoms with van der Waals surface area (Å²) in [5, 5.41) is -0.0552. The van der Waals surface area contributed by atoms with E-state index in [1.807, 2.05) is 0 Å². The summed E-state index contributed by atoms with van der Waals surface area (Å²) in [4.78, 5) is 17.7. The standard InChI is InChI=1S/C10H7F3N2O/c1-5-14-8-3-2-6(10(11,12)13)4-7(8)9(16)15-5/h2-4H,1H3,(H,14,15,16). The number of benzene rings is 1. The summed E-state index contributed by atoms with van der Waals surface area (Å²) in [5.74, 6) is 0.372. The molecule has 84 valence electrons. The molecule has 0 aliphatic heterocycles. The molecule has 16 heavy (non-hydrogen) atoms. The molecule has 0 aliphatic rings. The molecular formula is C10H7F3N2O. The first kappa shape index (κ1) is 10.7. The Hall–Kier alpha value is -1.85. The van der Waals surface area contributed by atoms with Gasteiger partial charge in [-0.1, -0.05) is 0 Å². The number of alkyl halides is 3. The topological polar surface area (TPSA) is 45.8 Å². The zero-order valence-corrected chi connectivity index (χ0v) is 8.22. The highest BCUT2D eigenvalue weighted by Gasteiger charge is 2.30. The number of rotatable bonds is 0. The van der Waals surface area contributed by atoms with E-state index < -0.39 is 17.3 Å². The van der Waals surface area contributed by atoms with Gasteiger partial charge >= 0.3 is 6.18 Å². The number of aryl methyl sites for hydroxylation is 1. The quantitative estimate of drug-likeness (QED) is 0.751. The fourth-order valence-electron chi connectivity index (χ4n) is 1.43. The maximum absolute atomic E-state index is 12.4. The lowest BCUT2D eigenvalue weighted by Gasteiger charge is -2.07. The van der Waals surface area contributed by atoms with Gasteiger partial charge < -0.3 is 4.98 Å². The average molecular weight is 228 g/mol. The Kier molecular flexibility index (Phi) is 2.22. The van der Waals surface area contributed by atoms with E-state index in [1.54, 1.807) is 6.92 Å². The van der Waals surface area contributed by atoms with Crippen molar-refractivity contribution >= 4 is 10.9 Å². The second-order valence-electron chi connectivity index (χ2n) is 3.38. The molecule has 0 amide bonds. The van der Waals surface area contributed by atoms with Gasteiger partial charge in [0.1, 0.15) is 5.82 Å². The highest BCUT2D eigenvalue weighted by molar-refractivity contribution is 5.78. The number of aromatic nitrogens is 2. The molecule has 2 rings (SSSR count). The summed E-state index contributed by atoms with van der Waals surface area (Å²) < 4.78 is 37.2. The lowest BCUT2D eigenvalue weighted by atomic mass is 10.1. The molecule has 1 aromatic heterocycles. The van der Waals surface area contributed by atoms with E-state index >= 15 is 0 Å². The van der Waals surface area contributed by atoms with Crippen LogP contribution in [0.15, 0.2) is 23.0 Å². The molecule has 2 aromatic rings. The number of hydrogen-bond acceptors (Lipinski definition) is 2. The summed E-state index contributed by atoms with van der Waals surface area (Å²) in [6.07, 6.45) is -4.45. The molecule has 1 N–H and O–H groups in total. The lowest BCUT2D eigenvalue weighted by Crippen LogP contribution is -2.12. The molecule has 0 radical (unpaired) electrons. The van der Waals surface area contributed by atoms with Crippen LogP contribution in [0, 0.1) is 6.92 Å². The Morgan fingerprint density at radius 3 is 2.62 bits per heavy atom. The molecule has 0 spiro atoms. The van der Waals surface area contributed by atoms with Gasteiger partial charge in [-0.25, -0.2) is 4.98 Å². The number of nitrogens with zero attached hydrogens (tertiary/aromatic N) is 1. The van der Waals surface area contributed by atoms with Crippen molar-refractivity contribution in [2.75, 3.05) is 0 Å². The molecule has 0 fully saturated rings. The van der Waals surface area contributed by atoms with Crippen LogP contribution in [-0.2, 0) is 6.18 Å². The Labute approximate surface area is 87.9 Å². The molecule has 0 saturated heterocycles. The Morgan fingerprint density at radius 2 is 2.00 bits per heavy atom. The third kappa shape index (κ3) is 1.78. The Bertz CT molecular complexity index is 601. The van der Waals surface area contributed by atoms with Gasteiger partial charge in [0, 0.05) is 0 Å². The normalized spacial score (nSPS) is 12.0. The minimum Gasteiger partial charge on any atom is -0.310 e. The van der Waals surface area contributed by atoms with Crippen molar-refractivity contribution in [3.05, 3.63) is 39.9 Å². The van der Waals surface area contributed by atoms with Crippen LogP contribution in [0.25, 0.3) is 10.9 Å². The van der Waals surface area contributed by atoms with Crippen molar-refractivity contribution in [3.63, 3.8) is 0 Å². The fraction of sp³-hybridized carbons (Fsp3) is 0.200. The highest BCUT2D eigenvalue weighted by Crippen LogP contribution is 2.30. The van der Waals surface area contributed by atoms with E-state index in [0.29, 0.717) is 5.82 Å². The highest BCUT2D eigenvalue weighted by atomic mass is 19.4. The van der Waals surface area contributed by atoms with Crippen molar-refractivity contribution in [3.8, 4) is 0 Å². The van der Waals surface area contributed by atoms with Crippen LogP contribution in [0.1, 0.15) is 11.4 Å². The van der Waals surface area contributed by atoms with E-state index in [0.717, 1.165) is 12.1 Å². The van der Waals surface area contributed by atoms with Gasteiger partial charge in [-0.3, -0.25) is 4.79 Å². The number of aromatic amines is 1. The SMILES string of the molecule is Cc1nc2ccc(C(F)(F)F)cc2c(=O)[nH]1. The molecule has 6 heteroatoms. The molecule has 1 heterocycles. The molecule has 3 nitrogen and oxygen atoms in total. The minimum absolute atomic E-state index is 0.0552. The molecule has 0 atom stereocenters. The zero-order chi connectivity index (χ0) is 11.9. The molecule has 0 aliphatic carbocycles. The fourth-order valence-corrected chi connectivity index (χ4v) is 1.43. The van der Waals surface area contributed by atoms with Crippen molar-refractivity contribution in [2.24, 2.45) is 0 Å². The van der Waals surface area contributed by atoms with E-state index in [-0.39, 0.29) is 10.9 Å². The summed E-state index contributed by atoms with van der Waals surface area (Å²) in [6.45, 7) is 1.57. The van der Waals surface area contributed by atoms with E-state index in [1.165, 1.54) is 6.07 Å². The summed E-state index contributed by atoms with van der Waals surface area (Å²) >= 11 is 0. The van der Waals surface area contributed by atoms with Crippen molar-refractivity contribution in [1.82, 2.24) is 9.97 Å². The van der Waals surface area contributed by atoms with Gasteiger partial charge in [-0.15, -0.1) is 0 Å². The smallest absolute Gasteiger partial charge is 0.310 e. The number of H-pyrrole nitrogens is 1. The monoisotopic (exact) mass is 228 g/mol. The second-order valence-corrected chi connectivity index (χ2v) is 3.38. The van der Waals surface area contributed by atoms with E-state index in [2.05, 4.69) is 9.97 Å². The molecule has 0 saturated carbocycles. The van der Waals surface area contributed by atoms with Gasteiger partial charge in [0.05, 0.1) is 16.5 Å². The van der Waals surface area contributed by atoms with Gasteiger partial charge in [0.2, 0.25) is 0 Å². The third-order valence-corrected chi connectivity index (χ3v) is 2.15. The van der Waals surface area contributed by atoms with Crippen molar-refractivity contribution in [1.29, 1.82) is 0 Å². The number of halogens is 3. The van der Waals surface area contributed by atoms with Gasteiger partial charge in [-0.2, -0.15) is 13.2 Å². The molecular weight excluding hydrogens is 221 g/mol. The van der Waals surface area contributed by atoms with E-state index in [9.17, 15) is 18.0 Å². The predicted octanol–water partition coefficient (Wildman–Crippen LogP) is 2.25. The first-order valence-electron chi connectivity index (χ1n) is 4.46. The molecule has 0 unspecified atom stereocenters. The van der Waals surface area contributed by atoms with Crippen molar-refractivity contribution < 1.29 is 13.2 Å². The average Bonchev–Trinajstić information content (AvgIpc) is 2.15. The van der Waals surface area contributed by atoms with Crippen LogP contribution >= 0.6 is 0 Å². The third-order valence-electron chi connectivity index (χ3n) is 2.15. The predicted molar refractivity (Wildman–Crippen MR) is 52.1 cm³/mol. The number of hydrogen-bond donors (Lipinski definition) is 1. The van der Waals surface area contributed by atoms with Gasteiger partial charge in [0.15, 0.2) is 0 Å². The van der Waals surface area contributed by atoms with Crippen LogP contribution in [0.4, 0.5) is 13.2 Å². The van der Waals surface area contributed by atoms with Crippen LogP contribution in [0.5, 0.6) is 0 Å². The summed E-state index contributed by atoms with van der Waals surface area (Å²) in [7, 11) is 0. The largest absolute Gasteiger partial charge is 0.416 e.